The summed E-state index contributed by atoms with van der Waals surface area (Å²) >= 11 is 0. The highest BCUT2D eigenvalue weighted by atomic mass is 15.3. The van der Waals surface area contributed by atoms with Crippen molar-refractivity contribution in [3.8, 4) is 0 Å². The second kappa shape index (κ2) is 16.0. The molecule has 0 rings (SSSR count). The largest absolute Gasteiger partial charge is 0.289 e. The minimum absolute atomic E-state index is 0.148. The fraction of sp³-hybridized carbons (Fsp3) is 1.00. The Morgan fingerprint density at radius 1 is 0.571 bits per heavy atom. The minimum Gasteiger partial charge on any atom is -0.289 e. The highest BCUT2D eigenvalue weighted by Gasteiger charge is 1.82. The summed E-state index contributed by atoms with van der Waals surface area (Å²) in [7, 11) is 3.82. The summed E-state index contributed by atoms with van der Waals surface area (Å²) in [5.74, 6) is 0. The lowest BCUT2D eigenvalue weighted by atomic mass is 10.5. The number of hydrogen-bond acceptors (Lipinski definition) is 11. The van der Waals surface area contributed by atoms with E-state index in [1.807, 2.05) is 25.9 Å². The highest BCUT2D eigenvalue weighted by molar-refractivity contribution is 4.38. The molecule has 11 nitrogen and oxygen atoms in total. The zero-order valence-corrected chi connectivity index (χ0v) is 12.9. The fourth-order valence-electron chi connectivity index (χ4n) is 0.813. The van der Waals surface area contributed by atoms with Gasteiger partial charge in [-0.1, -0.05) is 6.92 Å². The normalized spacial score (nSPS) is 13.3. The molecule has 118 valence electrons. The zero-order valence-electron chi connectivity index (χ0n) is 12.9. The van der Waals surface area contributed by atoms with Crippen LogP contribution in [0.1, 0.15) is 13.3 Å². The van der Waals surface area contributed by atoms with E-state index in [0.29, 0.717) is 6.67 Å². The fourth-order valence-corrected chi connectivity index (χ4v) is 0.813. The molecule has 0 aliphatic carbocycles. The van der Waals surface area contributed by atoms with E-state index in [1.165, 1.54) is 0 Å². The van der Waals surface area contributed by atoms with Crippen LogP contribution in [-0.2, 0) is 0 Å². The molecule has 0 saturated carbocycles. The summed E-state index contributed by atoms with van der Waals surface area (Å²) in [4.78, 5) is 1.90. The van der Waals surface area contributed by atoms with E-state index >= 15 is 0 Å². The van der Waals surface area contributed by atoms with Gasteiger partial charge < -0.3 is 0 Å². The van der Waals surface area contributed by atoms with E-state index in [-0.39, 0.29) is 26.7 Å². The third-order valence-corrected chi connectivity index (χ3v) is 1.68. The van der Waals surface area contributed by atoms with E-state index in [9.17, 15) is 0 Å². The first-order valence-electron chi connectivity index (χ1n) is 6.58. The third-order valence-electron chi connectivity index (χ3n) is 1.68. The van der Waals surface area contributed by atoms with Crippen molar-refractivity contribution in [3.63, 3.8) is 0 Å². The summed E-state index contributed by atoms with van der Waals surface area (Å²) in [6.45, 7) is 4.02. The maximum Gasteiger partial charge on any atom is 0.170 e. The van der Waals surface area contributed by atoms with Crippen LogP contribution in [-0.4, -0.2) is 58.9 Å². The summed E-state index contributed by atoms with van der Waals surface area (Å²) in [6.07, 6.45) is 0.973. The maximum absolute atomic E-state index is 3.86. The monoisotopic (exact) mass is 297 g/mol. The standard InChI is InChI=1S/C10H23N11/c1-4-5-11-12-6-13-14-7-15-16-8-17-18-9-19-20-10-21(2)3/h4-10H2,1-3H3. The van der Waals surface area contributed by atoms with Crippen molar-refractivity contribution < 1.29 is 0 Å². The molecule has 0 aromatic carbocycles. The molecule has 21 heavy (non-hydrogen) atoms. The second-order valence-corrected chi connectivity index (χ2v) is 3.92. The predicted molar refractivity (Wildman–Crippen MR) is 77.5 cm³/mol. The lowest BCUT2D eigenvalue weighted by Crippen LogP contribution is -2.10. The molecule has 0 saturated heterocycles. The second-order valence-electron chi connectivity index (χ2n) is 3.92. The molecule has 0 amide bonds. The van der Waals surface area contributed by atoms with Gasteiger partial charge in [0.25, 0.3) is 0 Å². The van der Waals surface area contributed by atoms with E-state index < -0.39 is 0 Å². The van der Waals surface area contributed by atoms with Crippen LogP contribution in [0, 0.1) is 0 Å². The molecule has 0 atom stereocenters. The Balaban J connectivity index is 3.47. The quantitative estimate of drug-likeness (QED) is 0.504. The molecule has 0 radical (unpaired) electrons. The molecule has 0 fully saturated rings. The van der Waals surface area contributed by atoms with Gasteiger partial charge in [0.15, 0.2) is 26.7 Å². The van der Waals surface area contributed by atoms with E-state index in [0.717, 1.165) is 13.0 Å². The molecule has 0 aromatic rings. The van der Waals surface area contributed by atoms with Crippen LogP contribution < -0.4 is 0 Å². The summed E-state index contributed by atoms with van der Waals surface area (Å²) in [5.41, 5.74) is 0. The Bertz CT molecular complexity index is 358. The smallest absolute Gasteiger partial charge is 0.170 e. The molecule has 0 spiro atoms. The summed E-state index contributed by atoms with van der Waals surface area (Å²) in [6, 6.07) is 0. The molecule has 0 N–H and O–H groups in total. The van der Waals surface area contributed by atoms with Crippen molar-refractivity contribution >= 4 is 0 Å². The van der Waals surface area contributed by atoms with E-state index in [2.05, 4.69) is 51.1 Å². The maximum atomic E-state index is 3.86. The van der Waals surface area contributed by atoms with Crippen LogP contribution in [0.4, 0.5) is 0 Å². The van der Waals surface area contributed by atoms with Crippen LogP contribution in [0.15, 0.2) is 51.1 Å². The lowest BCUT2D eigenvalue weighted by Gasteiger charge is -2.00. The number of hydrogen-bond donors (Lipinski definition) is 0. The average molecular weight is 297 g/mol. The van der Waals surface area contributed by atoms with Crippen LogP contribution in [0.5, 0.6) is 0 Å². The molecule has 11 heteroatoms. The first kappa shape index (κ1) is 19.0. The number of azo groups is 5. The summed E-state index contributed by atoms with van der Waals surface area (Å²) < 4.78 is 0. The van der Waals surface area contributed by atoms with Crippen molar-refractivity contribution in [2.24, 2.45) is 51.1 Å². The van der Waals surface area contributed by atoms with Gasteiger partial charge in [0.2, 0.25) is 0 Å². The van der Waals surface area contributed by atoms with E-state index in [4.69, 9.17) is 0 Å². The molecule has 0 aromatic heterocycles. The third kappa shape index (κ3) is 18.0. The van der Waals surface area contributed by atoms with Gasteiger partial charge in [-0.2, -0.15) is 51.1 Å². The van der Waals surface area contributed by atoms with Crippen LogP contribution in [0.3, 0.4) is 0 Å². The topological polar surface area (TPSA) is 127 Å². The molecular weight excluding hydrogens is 274 g/mol. The van der Waals surface area contributed by atoms with E-state index in [1.54, 1.807) is 0 Å². The van der Waals surface area contributed by atoms with Gasteiger partial charge in [0.05, 0.1) is 6.54 Å². The van der Waals surface area contributed by atoms with Crippen LogP contribution in [0.25, 0.3) is 0 Å². The van der Waals surface area contributed by atoms with Crippen LogP contribution in [0.2, 0.25) is 0 Å². The molecule has 0 bridgehead atoms. The Labute approximate surface area is 124 Å². The van der Waals surface area contributed by atoms with Gasteiger partial charge in [-0.15, -0.1) is 0 Å². The van der Waals surface area contributed by atoms with Crippen molar-refractivity contribution in [1.82, 2.24) is 4.90 Å². The lowest BCUT2D eigenvalue weighted by molar-refractivity contribution is 0.412. The van der Waals surface area contributed by atoms with Crippen molar-refractivity contribution in [2.75, 3.05) is 54.0 Å². The Morgan fingerprint density at radius 2 is 0.952 bits per heavy atom. The first-order valence-corrected chi connectivity index (χ1v) is 6.58. The highest BCUT2D eigenvalue weighted by Crippen LogP contribution is 1.86. The summed E-state index contributed by atoms with van der Waals surface area (Å²) in [5, 5.41) is 37.8. The molecule has 0 unspecified atom stereocenters. The zero-order chi connectivity index (χ0) is 15.6. The van der Waals surface area contributed by atoms with Gasteiger partial charge in [-0.3, -0.25) is 4.90 Å². The van der Waals surface area contributed by atoms with Gasteiger partial charge in [-0.25, -0.2) is 0 Å². The molecule has 0 heterocycles. The predicted octanol–water partition coefficient (Wildman–Crippen LogP) is 3.01. The first-order chi connectivity index (χ1) is 10.3. The average Bonchev–Trinajstić information content (AvgIpc) is 2.46. The number of nitrogens with zero attached hydrogens (tertiary/aromatic N) is 11. The Hall–Kier alpha value is -2.04. The molecule has 0 aliphatic rings. The van der Waals surface area contributed by atoms with Crippen molar-refractivity contribution in [3.05, 3.63) is 0 Å². The SMILES string of the molecule is CCCN=NCN=NCN=NCN=NCN=NCN(C)C. The van der Waals surface area contributed by atoms with Gasteiger partial charge in [-0.05, 0) is 20.5 Å². The molecule has 0 aliphatic heterocycles. The van der Waals surface area contributed by atoms with Crippen molar-refractivity contribution in [1.29, 1.82) is 0 Å². The van der Waals surface area contributed by atoms with Gasteiger partial charge in [0.1, 0.15) is 6.67 Å². The Morgan fingerprint density at radius 3 is 1.33 bits per heavy atom. The van der Waals surface area contributed by atoms with Crippen molar-refractivity contribution in [2.45, 2.75) is 13.3 Å². The van der Waals surface area contributed by atoms with Gasteiger partial charge in [0, 0.05) is 0 Å². The number of rotatable bonds is 12. The Kier molecular flexibility index (Phi) is 14.5. The van der Waals surface area contributed by atoms with Crippen LogP contribution >= 0.6 is 0 Å². The van der Waals surface area contributed by atoms with Gasteiger partial charge >= 0.3 is 0 Å². The molecular formula is C10H23N11. The minimum atomic E-state index is 0.148.